The van der Waals surface area contributed by atoms with E-state index in [4.69, 9.17) is 9.47 Å². The molecule has 1 aliphatic heterocycles. The molecule has 0 saturated carbocycles. The highest BCUT2D eigenvalue weighted by Gasteiger charge is 2.36. The normalized spacial score (nSPS) is 21.2. The summed E-state index contributed by atoms with van der Waals surface area (Å²) in [5, 5.41) is 0. The van der Waals surface area contributed by atoms with E-state index in [0.717, 1.165) is 0 Å². The predicted octanol–water partition coefficient (Wildman–Crippen LogP) is 2.14. The lowest BCUT2D eigenvalue weighted by atomic mass is 10.0. The van der Waals surface area contributed by atoms with Crippen molar-refractivity contribution in [3.63, 3.8) is 0 Å². The number of hydrogen-bond donors (Lipinski definition) is 0. The minimum atomic E-state index is -3.73. The van der Waals surface area contributed by atoms with E-state index in [9.17, 15) is 13.2 Å². The molecular formula is C16H21NO5S. The summed E-state index contributed by atoms with van der Waals surface area (Å²) in [7, 11) is -3.73. The molecule has 126 valence electrons. The van der Waals surface area contributed by atoms with Crippen LogP contribution in [0.2, 0.25) is 0 Å². The first-order valence-corrected chi connectivity index (χ1v) is 8.99. The second-order valence-electron chi connectivity index (χ2n) is 4.99. The van der Waals surface area contributed by atoms with Gasteiger partial charge in [-0.1, -0.05) is 24.3 Å². The van der Waals surface area contributed by atoms with Crippen molar-refractivity contribution in [1.82, 2.24) is 4.31 Å². The first kappa shape index (κ1) is 17.5. The number of nitrogens with zero attached hydrogens (tertiary/aromatic N) is 1. The molecule has 0 saturated heterocycles. The molecule has 7 heteroatoms. The molecule has 0 fully saturated rings. The van der Waals surface area contributed by atoms with Crippen LogP contribution in [0.4, 0.5) is 0 Å². The maximum absolute atomic E-state index is 12.8. The Morgan fingerprint density at radius 1 is 1.22 bits per heavy atom. The summed E-state index contributed by atoms with van der Waals surface area (Å²) >= 11 is 0. The summed E-state index contributed by atoms with van der Waals surface area (Å²) in [6, 6.07) is 8.14. The van der Waals surface area contributed by atoms with Crippen molar-refractivity contribution in [2.75, 3.05) is 13.2 Å². The van der Waals surface area contributed by atoms with Crippen molar-refractivity contribution in [2.45, 2.75) is 31.4 Å². The van der Waals surface area contributed by atoms with Gasteiger partial charge in [0.05, 0.1) is 17.4 Å². The zero-order chi connectivity index (χ0) is 16.9. The Labute approximate surface area is 136 Å². The largest absolute Gasteiger partial charge is 0.466 e. The molecule has 0 aliphatic carbocycles. The lowest BCUT2D eigenvalue weighted by molar-refractivity contribution is -0.148. The lowest BCUT2D eigenvalue weighted by Gasteiger charge is -2.34. The Morgan fingerprint density at radius 3 is 2.52 bits per heavy atom. The Morgan fingerprint density at radius 2 is 1.91 bits per heavy atom. The third-order valence-corrected chi connectivity index (χ3v) is 5.25. The number of benzene rings is 1. The number of carbonyl (C=O) groups excluding carboxylic acids is 1. The number of ether oxygens (including phenoxy) is 2. The number of hydrogen-bond acceptors (Lipinski definition) is 5. The number of carbonyl (C=O) groups is 1. The Hall–Kier alpha value is -1.86. The standard InChI is InChI=1S/C16H21NO5S/c1-3-21-15-12-13(16(18)22-4-2)10-11-17(15)23(19,20)14-8-6-5-7-9-14/h5-11,13,15H,3-4,12H2,1-2H3/t13-,15-/m0/s1. The van der Waals surface area contributed by atoms with Crippen LogP contribution in [0.25, 0.3) is 0 Å². The maximum atomic E-state index is 12.8. The van der Waals surface area contributed by atoms with Crippen LogP contribution in [0.3, 0.4) is 0 Å². The minimum Gasteiger partial charge on any atom is -0.466 e. The van der Waals surface area contributed by atoms with E-state index in [-0.39, 0.29) is 23.9 Å². The summed E-state index contributed by atoms with van der Waals surface area (Å²) < 4.78 is 37.2. The van der Waals surface area contributed by atoms with Crippen molar-refractivity contribution < 1.29 is 22.7 Å². The molecule has 0 amide bonds. The van der Waals surface area contributed by atoms with Gasteiger partial charge in [0, 0.05) is 19.2 Å². The van der Waals surface area contributed by atoms with E-state index in [1.165, 1.54) is 22.6 Å². The minimum absolute atomic E-state index is 0.184. The predicted molar refractivity (Wildman–Crippen MR) is 84.8 cm³/mol. The molecular weight excluding hydrogens is 318 g/mol. The SMILES string of the molecule is CCOC(=O)[C@H]1C=CN(S(=O)(=O)c2ccccc2)[C@@H](OCC)C1. The summed E-state index contributed by atoms with van der Waals surface area (Å²) in [5.41, 5.74) is 0. The van der Waals surface area contributed by atoms with Gasteiger partial charge in [0.25, 0.3) is 10.0 Å². The summed E-state index contributed by atoms with van der Waals surface area (Å²) in [6.07, 6.45) is 2.45. The second kappa shape index (κ2) is 7.61. The third-order valence-electron chi connectivity index (χ3n) is 3.47. The molecule has 0 N–H and O–H groups in total. The Kier molecular flexibility index (Phi) is 5.79. The highest BCUT2D eigenvalue weighted by molar-refractivity contribution is 7.89. The van der Waals surface area contributed by atoms with Gasteiger partial charge in [-0.3, -0.25) is 4.79 Å². The van der Waals surface area contributed by atoms with Gasteiger partial charge in [-0.2, -0.15) is 0 Å². The molecule has 6 nitrogen and oxygen atoms in total. The van der Waals surface area contributed by atoms with Gasteiger partial charge in [0.2, 0.25) is 0 Å². The summed E-state index contributed by atoms with van der Waals surface area (Å²) in [5.74, 6) is -0.876. The van der Waals surface area contributed by atoms with Gasteiger partial charge in [-0.05, 0) is 26.0 Å². The van der Waals surface area contributed by atoms with Crippen LogP contribution >= 0.6 is 0 Å². The van der Waals surface area contributed by atoms with Gasteiger partial charge >= 0.3 is 5.97 Å². The highest BCUT2D eigenvalue weighted by atomic mass is 32.2. The van der Waals surface area contributed by atoms with E-state index in [2.05, 4.69) is 0 Å². The van der Waals surface area contributed by atoms with Crippen LogP contribution < -0.4 is 0 Å². The zero-order valence-corrected chi connectivity index (χ0v) is 14.0. The van der Waals surface area contributed by atoms with Crippen molar-refractivity contribution in [1.29, 1.82) is 0 Å². The average molecular weight is 339 g/mol. The molecule has 1 aliphatic rings. The van der Waals surface area contributed by atoms with Crippen LogP contribution in [0, 0.1) is 5.92 Å². The van der Waals surface area contributed by atoms with Crippen LogP contribution in [0.5, 0.6) is 0 Å². The fourth-order valence-corrected chi connectivity index (χ4v) is 3.82. The Balaban J connectivity index is 2.30. The molecule has 0 spiro atoms. The average Bonchev–Trinajstić information content (AvgIpc) is 2.56. The molecule has 0 aromatic heterocycles. The van der Waals surface area contributed by atoms with Crippen molar-refractivity contribution in [3.8, 4) is 0 Å². The van der Waals surface area contributed by atoms with Gasteiger partial charge < -0.3 is 9.47 Å². The number of esters is 1. The molecule has 1 aromatic rings. The first-order valence-electron chi connectivity index (χ1n) is 7.55. The van der Waals surface area contributed by atoms with Crippen LogP contribution in [0.1, 0.15) is 20.3 Å². The maximum Gasteiger partial charge on any atom is 0.313 e. The van der Waals surface area contributed by atoms with Gasteiger partial charge in [-0.15, -0.1) is 0 Å². The van der Waals surface area contributed by atoms with Crippen LogP contribution in [0.15, 0.2) is 47.5 Å². The molecule has 23 heavy (non-hydrogen) atoms. The van der Waals surface area contributed by atoms with E-state index in [1.54, 1.807) is 38.1 Å². The van der Waals surface area contributed by atoms with E-state index >= 15 is 0 Å². The first-order chi connectivity index (χ1) is 11.0. The van der Waals surface area contributed by atoms with E-state index in [0.29, 0.717) is 6.61 Å². The van der Waals surface area contributed by atoms with Crippen molar-refractivity contribution in [2.24, 2.45) is 5.92 Å². The van der Waals surface area contributed by atoms with Gasteiger partial charge in [0.1, 0.15) is 6.23 Å². The van der Waals surface area contributed by atoms with Crippen molar-refractivity contribution >= 4 is 16.0 Å². The molecule has 0 unspecified atom stereocenters. The monoisotopic (exact) mass is 339 g/mol. The quantitative estimate of drug-likeness (QED) is 0.743. The topological polar surface area (TPSA) is 72.9 Å². The summed E-state index contributed by atoms with van der Waals surface area (Å²) in [4.78, 5) is 12.1. The molecule has 0 bridgehead atoms. The molecule has 2 rings (SSSR count). The second-order valence-corrected chi connectivity index (χ2v) is 6.84. The molecule has 2 atom stereocenters. The van der Waals surface area contributed by atoms with E-state index < -0.39 is 22.2 Å². The summed E-state index contributed by atoms with van der Waals surface area (Å²) in [6.45, 7) is 4.14. The number of sulfonamides is 1. The third kappa shape index (κ3) is 3.92. The highest BCUT2D eigenvalue weighted by Crippen LogP contribution is 2.28. The molecule has 1 heterocycles. The Bertz CT molecular complexity index is 656. The van der Waals surface area contributed by atoms with E-state index in [1.807, 2.05) is 0 Å². The van der Waals surface area contributed by atoms with Gasteiger partial charge in [-0.25, -0.2) is 12.7 Å². The van der Waals surface area contributed by atoms with Crippen molar-refractivity contribution in [3.05, 3.63) is 42.6 Å². The lowest BCUT2D eigenvalue weighted by Crippen LogP contribution is -2.43. The fraction of sp³-hybridized carbons (Fsp3) is 0.438. The molecule has 0 radical (unpaired) electrons. The molecule has 1 aromatic carbocycles. The van der Waals surface area contributed by atoms with Crippen LogP contribution in [-0.4, -0.2) is 38.1 Å². The number of rotatable bonds is 6. The van der Waals surface area contributed by atoms with Gasteiger partial charge in [0.15, 0.2) is 0 Å². The smallest absolute Gasteiger partial charge is 0.313 e. The zero-order valence-electron chi connectivity index (χ0n) is 13.2. The van der Waals surface area contributed by atoms with Crippen LogP contribution in [-0.2, 0) is 24.3 Å². The fourth-order valence-electron chi connectivity index (χ4n) is 2.39.